The summed E-state index contributed by atoms with van der Waals surface area (Å²) in [5.41, 5.74) is 0.811. The molecule has 1 N–H and O–H groups in total. The number of hydrogen-bond donors (Lipinski definition) is 1. The summed E-state index contributed by atoms with van der Waals surface area (Å²) in [4.78, 5) is 40.7. The molecule has 2 unspecified atom stereocenters. The number of anilines is 1. The van der Waals surface area contributed by atoms with Crippen molar-refractivity contribution in [3.8, 4) is 0 Å². The minimum Gasteiger partial charge on any atom is -0.356 e. The summed E-state index contributed by atoms with van der Waals surface area (Å²) in [6.07, 6.45) is 7.29. The molecule has 2 saturated heterocycles. The Morgan fingerprint density at radius 3 is 2.70 bits per heavy atom. The molecule has 4 rings (SSSR count). The van der Waals surface area contributed by atoms with Crippen molar-refractivity contribution in [3.05, 3.63) is 12.5 Å². The number of nitrogens with zero attached hydrogens (tertiary/aromatic N) is 7. The van der Waals surface area contributed by atoms with Gasteiger partial charge in [-0.05, 0) is 26.2 Å². The average molecular weight is 457 g/mol. The van der Waals surface area contributed by atoms with E-state index in [9.17, 15) is 9.59 Å². The molecule has 2 aromatic heterocycles. The van der Waals surface area contributed by atoms with E-state index in [0.717, 1.165) is 62.2 Å². The first-order chi connectivity index (χ1) is 16.0. The van der Waals surface area contributed by atoms with Gasteiger partial charge in [0.05, 0.1) is 24.0 Å². The molecule has 180 valence electrons. The Morgan fingerprint density at radius 2 is 1.94 bits per heavy atom. The number of aryl methyl sites for hydroxylation is 1. The van der Waals surface area contributed by atoms with Gasteiger partial charge in [-0.15, -0.1) is 0 Å². The maximum atomic E-state index is 13.1. The van der Waals surface area contributed by atoms with E-state index in [1.54, 1.807) is 17.2 Å². The molecule has 10 heteroatoms. The van der Waals surface area contributed by atoms with Crippen LogP contribution >= 0.6 is 0 Å². The predicted octanol–water partition coefficient (Wildman–Crippen LogP) is 1.03. The topological polar surface area (TPSA) is 99.5 Å². The van der Waals surface area contributed by atoms with Crippen LogP contribution in [0.2, 0.25) is 0 Å². The minimum atomic E-state index is -0.0256. The van der Waals surface area contributed by atoms with Gasteiger partial charge < -0.3 is 15.1 Å². The SMILES string of the molecule is CCCCNC(=O)C1CCC(C)N(CC(=O)N2CCN(c3ncnc4c3cnn4C)CC2)C1. The van der Waals surface area contributed by atoms with Gasteiger partial charge in [0.25, 0.3) is 0 Å². The first-order valence-corrected chi connectivity index (χ1v) is 12.1. The molecule has 2 atom stereocenters. The second kappa shape index (κ2) is 10.5. The largest absolute Gasteiger partial charge is 0.356 e. The van der Waals surface area contributed by atoms with Crippen molar-refractivity contribution in [3.63, 3.8) is 0 Å². The van der Waals surface area contributed by atoms with Gasteiger partial charge in [-0.25, -0.2) is 9.97 Å². The molecule has 0 bridgehead atoms. The van der Waals surface area contributed by atoms with Gasteiger partial charge in [0.15, 0.2) is 5.65 Å². The molecule has 0 aliphatic carbocycles. The van der Waals surface area contributed by atoms with Crippen molar-refractivity contribution < 1.29 is 9.59 Å². The van der Waals surface area contributed by atoms with Gasteiger partial charge in [0.2, 0.25) is 11.8 Å². The number of unbranched alkanes of at least 4 members (excludes halogenated alkanes) is 1. The predicted molar refractivity (Wildman–Crippen MR) is 127 cm³/mol. The lowest BCUT2D eigenvalue weighted by molar-refractivity contribution is -0.136. The Bertz CT molecular complexity index is 969. The van der Waals surface area contributed by atoms with Gasteiger partial charge >= 0.3 is 0 Å². The van der Waals surface area contributed by atoms with Gasteiger partial charge in [0.1, 0.15) is 12.1 Å². The number of likely N-dealkylation sites (tertiary alicyclic amines) is 1. The van der Waals surface area contributed by atoms with Gasteiger partial charge in [-0.3, -0.25) is 19.2 Å². The summed E-state index contributed by atoms with van der Waals surface area (Å²) in [6.45, 7) is 8.82. The fourth-order valence-corrected chi connectivity index (χ4v) is 4.79. The maximum absolute atomic E-state index is 13.1. The lowest BCUT2D eigenvalue weighted by atomic mass is 9.92. The highest BCUT2D eigenvalue weighted by molar-refractivity contribution is 5.87. The molecule has 2 amide bonds. The molecule has 0 radical (unpaired) electrons. The van der Waals surface area contributed by atoms with E-state index in [2.05, 4.69) is 44.0 Å². The van der Waals surface area contributed by atoms with Gasteiger partial charge in [-0.2, -0.15) is 5.10 Å². The zero-order chi connectivity index (χ0) is 23.4. The second-order valence-corrected chi connectivity index (χ2v) is 9.27. The molecule has 2 aromatic rings. The fraction of sp³-hybridized carbons (Fsp3) is 0.696. The third-order valence-electron chi connectivity index (χ3n) is 6.99. The Morgan fingerprint density at radius 1 is 1.15 bits per heavy atom. The Kier molecular flexibility index (Phi) is 7.42. The summed E-state index contributed by atoms with van der Waals surface area (Å²) < 4.78 is 1.75. The summed E-state index contributed by atoms with van der Waals surface area (Å²) in [5, 5.41) is 8.29. The molecular weight excluding hydrogens is 420 g/mol. The van der Waals surface area contributed by atoms with Crippen LogP contribution in [0.25, 0.3) is 11.0 Å². The second-order valence-electron chi connectivity index (χ2n) is 9.27. The van der Waals surface area contributed by atoms with Crippen LogP contribution in [0.1, 0.15) is 39.5 Å². The third kappa shape index (κ3) is 5.26. The molecule has 2 fully saturated rings. The van der Waals surface area contributed by atoms with Gasteiger partial charge in [-0.1, -0.05) is 13.3 Å². The molecule has 33 heavy (non-hydrogen) atoms. The fourth-order valence-electron chi connectivity index (χ4n) is 4.79. The average Bonchev–Trinajstić information content (AvgIpc) is 3.21. The number of piperidine rings is 1. The molecule has 0 saturated carbocycles. The van der Waals surface area contributed by atoms with Crippen molar-refractivity contribution in [1.29, 1.82) is 0 Å². The first kappa shape index (κ1) is 23.4. The number of carbonyl (C=O) groups excluding carboxylic acids is 2. The highest BCUT2D eigenvalue weighted by Crippen LogP contribution is 2.24. The molecule has 10 nitrogen and oxygen atoms in total. The normalized spacial score (nSPS) is 22.0. The number of rotatable bonds is 7. The van der Waals surface area contributed by atoms with Crippen molar-refractivity contribution in [2.24, 2.45) is 13.0 Å². The maximum Gasteiger partial charge on any atom is 0.236 e. The van der Waals surface area contributed by atoms with Crippen LogP contribution in [0.4, 0.5) is 5.82 Å². The monoisotopic (exact) mass is 456 g/mol. The number of carbonyl (C=O) groups is 2. The van der Waals surface area contributed by atoms with Crippen LogP contribution in [0.5, 0.6) is 0 Å². The lowest BCUT2D eigenvalue weighted by Crippen LogP contribution is -2.54. The number of fused-ring (bicyclic) bond motifs is 1. The molecule has 4 heterocycles. The third-order valence-corrected chi connectivity index (χ3v) is 6.99. The molecular formula is C23H36N8O2. The Labute approximate surface area is 195 Å². The summed E-state index contributed by atoms with van der Waals surface area (Å²) in [5.74, 6) is 1.12. The van der Waals surface area contributed by atoms with Crippen molar-refractivity contribution >= 4 is 28.7 Å². The molecule has 0 spiro atoms. The van der Waals surface area contributed by atoms with E-state index in [0.29, 0.717) is 32.2 Å². The quantitative estimate of drug-likeness (QED) is 0.621. The van der Waals surface area contributed by atoms with Crippen LogP contribution in [-0.2, 0) is 16.6 Å². The Hall–Kier alpha value is -2.75. The zero-order valence-corrected chi connectivity index (χ0v) is 20.0. The summed E-state index contributed by atoms with van der Waals surface area (Å²) in [6, 6.07) is 0.315. The molecule has 0 aromatic carbocycles. The van der Waals surface area contributed by atoms with Crippen molar-refractivity contribution in [2.45, 2.75) is 45.6 Å². The Balaban J connectivity index is 1.30. The number of hydrogen-bond acceptors (Lipinski definition) is 7. The molecule has 2 aliphatic rings. The first-order valence-electron chi connectivity index (χ1n) is 12.1. The summed E-state index contributed by atoms with van der Waals surface area (Å²) >= 11 is 0. The van der Waals surface area contributed by atoms with Crippen LogP contribution in [0, 0.1) is 5.92 Å². The number of piperazine rings is 1. The highest BCUT2D eigenvalue weighted by Gasteiger charge is 2.32. The van der Waals surface area contributed by atoms with Crippen LogP contribution in [-0.4, -0.2) is 93.2 Å². The smallest absolute Gasteiger partial charge is 0.236 e. The van der Waals surface area contributed by atoms with Crippen LogP contribution in [0.3, 0.4) is 0 Å². The summed E-state index contributed by atoms with van der Waals surface area (Å²) in [7, 11) is 1.87. The van der Waals surface area contributed by atoms with Gasteiger partial charge in [0, 0.05) is 52.4 Å². The van der Waals surface area contributed by atoms with E-state index in [-0.39, 0.29) is 17.7 Å². The van der Waals surface area contributed by atoms with E-state index >= 15 is 0 Å². The van der Waals surface area contributed by atoms with Crippen molar-refractivity contribution in [2.75, 3.05) is 50.7 Å². The highest BCUT2D eigenvalue weighted by atomic mass is 16.2. The van der Waals surface area contributed by atoms with E-state index in [4.69, 9.17) is 0 Å². The van der Waals surface area contributed by atoms with Crippen molar-refractivity contribution in [1.82, 2.24) is 34.9 Å². The minimum absolute atomic E-state index is 0.0256. The van der Waals surface area contributed by atoms with Crippen LogP contribution < -0.4 is 10.2 Å². The number of nitrogens with one attached hydrogen (secondary N) is 1. The van der Waals surface area contributed by atoms with E-state index in [1.807, 2.05) is 11.9 Å². The van der Waals surface area contributed by atoms with Crippen LogP contribution in [0.15, 0.2) is 12.5 Å². The zero-order valence-electron chi connectivity index (χ0n) is 20.0. The van der Waals surface area contributed by atoms with E-state index < -0.39 is 0 Å². The number of amides is 2. The molecule has 2 aliphatic heterocycles. The number of aromatic nitrogens is 4. The van der Waals surface area contributed by atoms with E-state index in [1.165, 1.54) is 0 Å². The lowest BCUT2D eigenvalue weighted by Gasteiger charge is -2.40. The standard InChI is InChI=1S/C23H36N8O2/c1-4-5-8-24-23(33)18-7-6-17(2)31(14-18)15-20(32)29-9-11-30(12-10-29)22-19-13-27-28(3)21(19)25-16-26-22/h13,16-18H,4-12,14-15H2,1-3H3,(H,24,33).